The van der Waals surface area contributed by atoms with Gasteiger partial charge in [0, 0.05) is 24.5 Å². The molecule has 0 bridgehead atoms. The number of rotatable bonds is 5. The molecular weight excluding hydrogens is 328 g/mol. The Labute approximate surface area is 151 Å². The zero-order chi connectivity index (χ0) is 18.7. The quantitative estimate of drug-likeness (QED) is 0.768. The number of carbonyl (C=O) groups is 1. The molecule has 0 spiro atoms. The zero-order valence-corrected chi connectivity index (χ0v) is 14.9. The van der Waals surface area contributed by atoms with E-state index in [1.54, 1.807) is 34.9 Å². The van der Waals surface area contributed by atoms with E-state index in [1.807, 2.05) is 44.2 Å². The van der Waals surface area contributed by atoms with E-state index < -0.39 is 6.04 Å². The van der Waals surface area contributed by atoms with Gasteiger partial charge in [0.1, 0.15) is 11.7 Å². The summed E-state index contributed by atoms with van der Waals surface area (Å²) >= 11 is 0. The molecule has 2 heterocycles. The van der Waals surface area contributed by atoms with Crippen LogP contribution in [0.25, 0.3) is 5.69 Å². The Morgan fingerprint density at radius 3 is 2.62 bits per heavy atom. The van der Waals surface area contributed by atoms with Crippen LogP contribution in [0.2, 0.25) is 0 Å². The summed E-state index contributed by atoms with van der Waals surface area (Å²) in [6.45, 7) is 4.07. The van der Waals surface area contributed by atoms with Crippen molar-refractivity contribution in [2.75, 3.05) is 0 Å². The van der Waals surface area contributed by atoms with Gasteiger partial charge in [-0.3, -0.25) is 9.48 Å². The molecular formula is C19H20N6O. The lowest BCUT2D eigenvalue weighted by atomic mass is 10.1. The number of nitrogens with one attached hydrogen (secondary N) is 1. The molecule has 0 radical (unpaired) electrons. The smallest absolute Gasteiger partial charge is 0.273 e. The van der Waals surface area contributed by atoms with Crippen LogP contribution in [0.15, 0.2) is 48.8 Å². The second kappa shape index (κ2) is 7.23. The minimum absolute atomic E-state index is 0.255. The molecule has 1 amide bonds. The van der Waals surface area contributed by atoms with E-state index in [9.17, 15) is 10.1 Å². The van der Waals surface area contributed by atoms with Gasteiger partial charge in [0.15, 0.2) is 0 Å². The van der Waals surface area contributed by atoms with E-state index in [1.165, 1.54) is 0 Å². The van der Waals surface area contributed by atoms with Crippen molar-refractivity contribution in [3.63, 3.8) is 0 Å². The molecule has 7 heteroatoms. The van der Waals surface area contributed by atoms with Crippen LogP contribution < -0.4 is 5.32 Å². The highest BCUT2D eigenvalue weighted by molar-refractivity contribution is 5.92. The fraction of sp³-hybridized carbons (Fsp3) is 0.263. The molecule has 0 saturated heterocycles. The third-order valence-corrected chi connectivity index (χ3v) is 4.10. The molecule has 3 aromatic rings. The van der Waals surface area contributed by atoms with E-state index in [0.29, 0.717) is 11.3 Å². The van der Waals surface area contributed by atoms with Crippen molar-refractivity contribution >= 4 is 5.91 Å². The first kappa shape index (κ1) is 17.4. The van der Waals surface area contributed by atoms with Crippen LogP contribution in [0.5, 0.6) is 0 Å². The number of hydrogen-bond donors (Lipinski definition) is 1. The number of carbonyl (C=O) groups excluding carboxylic acids is 1. The average Bonchev–Trinajstić information content (AvgIpc) is 3.27. The van der Waals surface area contributed by atoms with Gasteiger partial charge in [-0.1, -0.05) is 32.0 Å². The van der Waals surface area contributed by atoms with Gasteiger partial charge < -0.3 is 5.32 Å². The average molecular weight is 348 g/mol. The van der Waals surface area contributed by atoms with Crippen molar-refractivity contribution in [2.45, 2.75) is 25.8 Å². The number of hydrogen-bond acceptors (Lipinski definition) is 4. The first-order chi connectivity index (χ1) is 12.5. The number of nitrogens with zero attached hydrogens (tertiary/aromatic N) is 5. The minimum Gasteiger partial charge on any atom is -0.331 e. The van der Waals surface area contributed by atoms with Crippen molar-refractivity contribution in [3.05, 3.63) is 65.7 Å². The number of aromatic nitrogens is 4. The third-order valence-electron chi connectivity index (χ3n) is 4.10. The van der Waals surface area contributed by atoms with Crippen LogP contribution in [0.4, 0.5) is 0 Å². The molecule has 132 valence electrons. The fourth-order valence-corrected chi connectivity index (χ4v) is 2.74. The van der Waals surface area contributed by atoms with E-state index in [0.717, 1.165) is 11.4 Å². The molecule has 0 aliphatic rings. The molecule has 0 saturated carbocycles. The van der Waals surface area contributed by atoms with Gasteiger partial charge in [-0.2, -0.15) is 15.5 Å². The summed E-state index contributed by atoms with van der Waals surface area (Å²) < 4.78 is 3.36. The molecule has 1 aromatic carbocycles. The first-order valence-electron chi connectivity index (χ1n) is 8.34. The van der Waals surface area contributed by atoms with Gasteiger partial charge in [-0.15, -0.1) is 0 Å². The second-order valence-corrected chi connectivity index (χ2v) is 6.32. The Morgan fingerprint density at radius 1 is 1.27 bits per heavy atom. The zero-order valence-electron chi connectivity index (χ0n) is 14.9. The lowest BCUT2D eigenvalue weighted by molar-refractivity contribution is 0.0939. The number of para-hydroxylation sites is 1. The Kier molecular flexibility index (Phi) is 4.85. The van der Waals surface area contributed by atoms with Gasteiger partial charge in [0.05, 0.1) is 18.0 Å². The normalized spacial score (nSPS) is 12.0. The molecule has 0 unspecified atom stereocenters. The maximum absolute atomic E-state index is 12.5. The molecule has 0 fully saturated rings. The maximum Gasteiger partial charge on any atom is 0.273 e. The van der Waals surface area contributed by atoms with Crippen molar-refractivity contribution in [1.29, 1.82) is 5.26 Å². The highest BCUT2D eigenvalue weighted by atomic mass is 16.2. The largest absolute Gasteiger partial charge is 0.331 e. The predicted octanol–water partition coefficient (Wildman–Crippen LogP) is 2.72. The summed E-state index contributed by atoms with van der Waals surface area (Å²) in [5.41, 5.74) is 2.75. The molecule has 1 N–H and O–H groups in total. The lowest BCUT2D eigenvalue weighted by Crippen LogP contribution is -2.27. The molecule has 26 heavy (non-hydrogen) atoms. The van der Waals surface area contributed by atoms with E-state index in [-0.39, 0.29) is 11.8 Å². The summed E-state index contributed by atoms with van der Waals surface area (Å²) in [4.78, 5) is 12.5. The molecule has 7 nitrogen and oxygen atoms in total. The number of benzene rings is 1. The maximum atomic E-state index is 12.5. The monoisotopic (exact) mass is 348 g/mol. The van der Waals surface area contributed by atoms with Crippen LogP contribution in [0, 0.1) is 11.3 Å². The van der Waals surface area contributed by atoms with Crippen LogP contribution >= 0.6 is 0 Å². The Balaban J connectivity index is 1.78. The van der Waals surface area contributed by atoms with Gasteiger partial charge in [0.25, 0.3) is 5.91 Å². The second-order valence-electron chi connectivity index (χ2n) is 6.32. The first-order valence-corrected chi connectivity index (χ1v) is 8.34. The van der Waals surface area contributed by atoms with Crippen molar-refractivity contribution in [1.82, 2.24) is 24.9 Å². The van der Waals surface area contributed by atoms with E-state index >= 15 is 0 Å². The summed E-state index contributed by atoms with van der Waals surface area (Å²) in [6, 6.07) is 12.6. The lowest BCUT2D eigenvalue weighted by Gasteiger charge is -2.08. The van der Waals surface area contributed by atoms with Crippen molar-refractivity contribution in [2.24, 2.45) is 7.05 Å². The Morgan fingerprint density at radius 2 is 2.00 bits per heavy atom. The minimum atomic E-state index is -0.801. The summed E-state index contributed by atoms with van der Waals surface area (Å²) in [5, 5.41) is 20.7. The summed E-state index contributed by atoms with van der Waals surface area (Å²) in [5.74, 6) is -0.128. The topological polar surface area (TPSA) is 88.5 Å². The SMILES string of the molecule is CC(C)c1cc(C(=O)N[C@@H](C#N)c2cnn(-c3ccccc3)c2)nn1C. The summed E-state index contributed by atoms with van der Waals surface area (Å²) in [6.07, 6.45) is 3.32. The van der Waals surface area contributed by atoms with Crippen LogP contribution in [-0.4, -0.2) is 25.5 Å². The predicted molar refractivity (Wildman–Crippen MR) is 96.7 cm³/mol. The molecule has 0 aliphatic heterocycles. The number of nitriles is 1. The summed E-state index contributed by atoms with van der Waals surface area (Å²) in [7, 11) is 1.80. The van der Waals surface area contributed by atoms with Crippen molar-refractivity contribution < 1.29 is 4.79 Å². The van der Waals surface area contributed by atoms with Gasteiger partial charge >= 0.3 is 0 Å². The van der Waals surface area contributed by atoms with E-state index in [4.69, 9.17) is 0 Å². The van der Waals surface area contributed by atoms with E-state index in [2.05, 4.69) is 21.6 Å². The third kappa shape index (κ3) is 3.49. The van der Waals surface area contributed by atoms with Crippen LogP contribution in [0.3, 0.4) is 0 Å². The Hall–Kier alpha value is -3.40. The molecule has 2 aromatic heterocycles. The number of aryl methyl sites for hydroxylation is 1. The van der Waals surface area contributed by atoms with Gasteiger partial charge in [-0.05, 0) is 24.1 Å². The van der Waals surface area contributed by atoms with Gasteiger partial charge in [-0.25, -0.2) is 4.68 Å². The van der Waals surface area contributed by atoms with Crippen LogP contribution in [0.1, 0.15) is 47.6 Å². The Bertz CT molecular complexity index is 948. The fourth-order valence-electron chi connectivity index (χ4n) is 2.74. The molecule has 0 aliphatic carbocycles. The highest BCUT2D eigenvalue weighted by Gasteiger charge is 2.20. The van der Waals surface area contributed by atoms with Gasteiger partial charge in [0.2, 0.25) is 0 Å². The van der Waals surface area contributed by atoms with Crippen LogP contribution in [-0.2, 0) is 7.05 Å². The number of amides is 1. The molecule has 3 rings (SSSR count). The highest BCUT2D eigenvalue weighted by Crippen LogP contribution is 2.17. The van der Waals surface area contributed by atoms with Crippen molar-refractivity contribution in [3.8, 4) is 11.8 Å². The molecule has 1 atom stereocenters. The standard InChI is InChI=1S/C19H20N6O/c1-13(2)18-9-16(23-24(18)3)19(26)22-17(10-20)14-11-21-25(12-14)15-7-5-4-6-8-15/h4-9,11-13,17H,1-3H3,(H,22,26)/t17-/m0/s1.